The number of nitrogens with zero attached hydrogens (tertiary/aromatic N) is 1. The van der Waals surface area contributed by atoms with E-state index in [-0.39, 0.29) is 5.91 Å². The topological polar surface area (TPSA) is 29.5 Å². The quantitative estimate of drug-likeness (QED) is 0.846. The standard InChI is InChI=1S/C12H13Cl2NO2/c1-15(7-3-4-7)12(16)10-8(13)5-6-9(14)11(10)17-2/h5-7H,3-4H2,1-2H3. The van der Waals surface area contributed by atoms with Crippen molar-refractivity contribution in [3.63, 3.8) is 0 Å². The van der Waals surface area contributed by atoms with Gasteiger partial charge in [-0.25, -0.2) is 0 Å². The minimum atomic E-state index is -0.142. The van der Waals surface area contributed by atoms with Crippen molar-refractivity contribution in [3.05, 3.63) is 27.7 Å². The lowest BCUT2D eigenvalue weighted by molar-refractivity contribution is 0.0782. The minimum absolute atomic E-state index is 0.142. The van der Waals surface area contributed by atoms with Gasteiger partial charge in [-0.15, -0.1) is 0 Å². The monoisotopic (exact) mass is 273 g/mol. The van der Waals surface area contributed by atoms with Gasteiger partial charge in [-0.1, -0.05) is 23.2 Å². The second kappa shape index (κ2) is 4.75. The largest absolute Gasteiger partial charge is 0.494 e. The smallest absolute Gasteiger partial charge is 0.259 e. The molecule has 0 spiro atoms. The van der Waals surface area contributed by atoms with E-state index < -0.39 is 0 Å². The van der Waals surface area contributed by atoms with Gasteiger partial charge < -0.3 is 9.64 Å². The number of carbonyl (C=O) groups excluding carboxylic acids is 1. The van der Waals surface area contributed by atoms with Gasteiger partial charge in [-0.3, -0.25) is 4.79 Å². The molecule has 5 heteroatoms. The van der Waals surface area contributed by atoms with Crippen molar-refractivity contribution >= 4 is 29.1 Å². The molecule has 1 saturated carbocycles. The molecule has 0 radical (unpaired) electrons. The Balaban J connectivity index is 2.42. The Morgan fingerprint density at radius 3 is 2.47 bits per heavy atom. The Kier molecular flexibility index (Phi) is 3.50. The maximum atomic E-state index is 12.3. The van der Waals surface area contributed by atoms with Gasteiger partial charge in [0.05, 0.1) is 17.2 Å². The average Bonchev–Trinajstić information content (AvgIpc) is 3.13. The first kappa shape index (κ1) is 12.5. The van der Waals surface area contributed by atoms with Crippen molar-refractivity contribution in [1.29, 1.82) is 0 Å². The maximum Gasteiger partial charge on any atom is 0.259 e. The Hall–Kier alpha value is -0.930. The summed E-state index contributed by atoms with van der Waals surface area (Å²) in [5.74, 6) is 0.202. The van der Waals surface area contributed by atoms with Crippen LogP contribution in [0.1, 0.15) is 23.2 Å². The van der Waals surface area contributed by atoms with Gasteiger partial charge in [0.25, 0.3) is 5.91 Å². The molecule has 0 aromatic heterocycles. The van der Waals surface area contributed by atoms with E-state index in [1.165, 1.54) is 7.11 Å². The molecule has 0 aliphatic heterocycles. The van der Waals surface area contributed by atoms with E-state index >= 15 is 0 Å². The molecule has 92 valence electrons. The maximum absolute atomic E-state index is 12.3. The van der Waals surface area contributed by atoms with Crippen molar-refractivity contribution in [2.45, 2.75) is 18.9 Å². The normalized spacial score (nSPS) is 14.6. The Morgan fingerprint density at radius 1 is 1.35 bits per heavy atom. The van der Waals surface area contributed by atoms with Crippen LogP contribution in [0.25, 0.3) is 0 Å². The van der Waals surface area contributed by atoms with Crippen LogP contribution in [0.3, 0.4) is 0 Å². The lowest BCUT2D eigenvalue weighted by atomic mass is 10.1. The van der Waals surface area contributed by atoms with Gasteiger partial charge in [-0.2, -0.15) is 0 Å². The molecular weight excluding hydrogens is 261 g/mol. The zero-order valence-corrected chi connectivity index (χ0v) is 11.2. The number of ether oxygens (including phenoxy) is 1. The highest BCUT2D eigenvalue weighted by molar-refractivity contribution is 6.37. The summed E-state index contributed by atoms with van der Waals surface area (Å²) in [4.78, 5) is 14.0. The van der Waals surface area contributed by atoms with Crippen molar-refractivity contribution in [3.8, 4) is 5.75 Å². The van der Waals surface area contributed by atoms with E-state index in [9.17, 15) is 4.79 Å². The highest BCUT2D eigenvalue weighted by Gasteiger charge is 2.32. The highest BCUT2D eigenvalue weighted by Crippen LogP contribution is 2.36. The van der Waals surface area contributed by atoms with Gasteiger partial charge in [0.1, 0.15) is 5.56 Å². The molecule has 0 unspecified atom stereocenters. The average molecular weight is 274 g/mol. The van der Waals surface area contributed by atoms with E-state index in [0.717, 1.165) is 12.8 Å². The van der Waals surface area contributed by atoms with Crippen molar-refractivity contribution in [2.24, 2.45) is 0 Å². The number of hydrogen-bond donors (Lipinski definition) is 0. The van der Waals surface area contributed by atoms with Crippen LogP contribution in [0.15, 0.2) is 12.1 Å². The molecule has 1 aliphatic carbocycles. The van der Waals surface area contributed by atoms with Gasteiger partial charge in [0, 0.05) is 13.1 Å². The van der Waals surface area contributed by atoms with Crippen LogP contribution in [0.2, 0.25) is 10.0 Å². The van der Waals surface area contributed by atoms with E-state index in [1.54, 1.807) is 24.1 Å². The van der Waals surface area contributed by atoms with Crippen LogP contribution in [-0.4, -0.2) is 31.0 Å². The molecule has 1 fully saturated rings. The molecular formula is C12H13Cl2NO2. The van der Waals surface area contributed by atoms with Crippen LogP contribution in [0.5, 0.6) is 5.75 Å². The molecule has 1 aliphatic rings. The highest BCUT2D eigenvalue weighted by atomic mass is 35.5. The number of rotatable bonds is 3. The molecule has 3 nitrogen and oxygen atoms in total. The minimum Gasteiger partial charge on any atom is -0.494 e. The second-order valence-electron chi connectivity index (χ2n) is 4.08. The summed E-state index contributed by atoms with van der Waals surface area (Å²) in [5, 5.41) is 0.758. The number of benzene rings is 1. The summed E-state index contributed by atoms with van der Waals surface area (Å²) in [5.41, 5.74) is 0.344. The van der Waals surface area contributed by atoms with Crippen LogP contribution in [-0.2, 0) is 0 Å². The van der Waals surface area contributed by atoms with E-state index in [4.69, 9.17) is 27.9 Å². The molecule has 1 aromatic carbocycles. The number of methoxy groups -OCH3 is 1. The molecule has 2 rings (SSSR count). The van der Waals surface area contributed by atoms with E-state index in [1.807, 2.05) is 0 Å². The Labute approximate surface area is 110 Å². The SMILES string of the molecule is COc1c(Cl)ccc(Cl)c1C(=O)N(C)C1CC1. The summed E-state index contributed by atoms with van der Waals surface area (Å²) in [6, 6.07) is 3.55. The van der Waals surface area contributed by atoms with Crippen LogP contribution in [0, 0.1) is 0 Å². The fourth-order valence-corrected chi connectivity index (χ4v) is 2.20. The van der Waals surface area contributed by atoms with E-state index in [2.05, 4.69) is 0 Å². The molecule has 0 atom stereocenters. The number of hydrogen-bond acceptors (Lipinski definition) is 2. The lowest BCUT2D eigenvalue weighted by Gasteiger charge is -2.19. The van der Waals surface area contributed by atoms with Gasteiger partial charge in [0.15, 0.2) is 5.75 Å². The predicted octanol–water partition coefficient (Wildman–Crippen LogP) is 3.24. The summed E-state index contributed by atoms with van der Waals surface area (Å²) < 4.78 is 5.16. The first-order valence-corrected chi connectivity index (χ1v) is 6.11. The fraction of sp³-hybridized carbons (Fsp3) is 0.417. The number of carbonyl (C=O) groups is 1. The summed E-state index contributed by atoms with van der Waals surface area (Å²) >= 11 is 12.0. The number of halogens is 2. The first-order chi connectivity index (χ1) is 8.06. The third kappa shape index (κ3) is 2.35. The zero-order chi connectivity index (χ0) is 12.6. The Bertz CT molecular complexity index is 458. The van der Waals surface area contributed by atoms with E-state index in [0.29, 0.717) is 27.4 Å². The fourth-order valence-electron chi connectivity index (χ4n) is 1.74. The first-order valence-electron chi connectivity index (χ1n) is 5.35. The van der Waals surface area contributed by atoms with Gasteiger partial charge in [-0.05, 0) is 25.0 Å². The van der Waals surface area contributed by atoms with Crippen molar-refractivity contribution in [2.75, 3.05) is 14.2 Å². The van der Waals surface area contributed by atoms with Crippen molar-refractivity contribution in [1.82, 2.24) is 4.90 Å². The molecule has 0 heterocycles. The molecule has 17 heavy (non-hydrogen) atoms. The predicted molar refractivity (Wildman–Crippen MR) is 68.1 cm³/mol. The van der Waals surface area contributed by atoms with Crippen LogP contribution in [0.4, 0.5) is 0 Å². The summed E-state index contributed by atoms with van der Waals surface area (Å²) in [7, 11) is 3.25. The van der Waals surface area contributed by atoms with Crippen LogP contribution >= 0.6 is 23.2 Å². The number of amides is 1. The second-order valence-corrected chi connectivity index (χ2v) is 4.90. The Morgan fingerprint density at radius 2 is 1.94 bits per heavy atom. The zero-order valence-electron chi connectivity index (χ0n) is 9.67. The summed E-state index contributed by atoms with van der Waals surface area (Å²) in [6.45, 7) is 0. The van der Waals surface area contributed by atoms with Gasteiger partial charge >= 0.3 is 0 Å². The molecule has 0 bridgehead atoms. The molecule has 0 N–H and O–H groups in total. The third-order valence-electron chi connectivity index (χ3n) is 2.89. The van der Waals surface area contributed by atoms with Crippen LogP contribution < -0.4 is 4.74 Å². The molecule has 0 saturated heterocycles. The molecule has 1 aromatic rings. The molecule has 1 amide bonds. The lowest BCUT2D eigenvalue weighted by Crippen LogP contribution is -2.29. The third-order valence-corrected chi connectivity index (χ3v) is 3.50. The van der Waals surface area contributed by atoms with Crippen molar-refractivity contribution < 1.29 is 9.53 Å². The van der Waals surface area contributed by atoms with Gasteiger partial charge in [0.2, 0.25) is 0 Å². The summed E-state index contributed by atoms with van der Waals surface area (Å²) in [6.07, 6.45) is 2.09.